The van der Waals surface area contributed by atoms with E-state index in [1.54, 1.807) is 11.6 Å². The van der Waals surface area contributed by atoms with E-state index >= 15 is 0 Å². The first-order chi connectivity index (χ1) is 7.59. The van der Waals surface area contributed by atoms with Gasteiger partial charge in [-0.05, 0) is 37.1 Å². The van der Waals surface area contributed by atoms with Gasteiger partial charge >= 0.3 is 0 Å². The predicted octanol–water partition coefficient (Wildman–Crippen LogP) is 2.95. The van der Waals surface area contributed by atoms with E-state index in [2.05, 4.69) is 4.98 Å². The van der Waals surface area contributed by atoms with Crippen molar-refractivity contribution in [3.63, 3.8) is 0 Å². The highest BCUT2D eigenvalue weighted by Crippen LogP contribution is 2.28. The lowest BCUT2D eigenvalue weighted by molar-refractivity contribution is 0.623. The van der Waals surface area contributed by atoms with E-state index in [0.717, 1.165) is 21.7 Å². The zero-order valence-corrected chi connectivity index (χ0v) is 10.0. The van der Waals surface area contributed by atoms with Gasteiger partial charge in [0.2, 0.25) is 0 Å². The van der Waals surface area contributed by atoms with Gasteiger partial charge in [0, 0.05) is 4.88 Å². The van der Waals surface area contributed by atoms with Gasteiger partial charge in [0.15, 0.2) is 0 Å². The summed E-state index contributed by atoms with van der Waals surface area (Å²) in [6, 6.07) is 4.41. The van der Waals surface area contributed by atoms with Crippen LogP contribution < -0.4 is 5.73 Å². The standard InChI is InChI=1S/C12H13FN2S/c1-7-3-4-9(13)5-10(7)11(14)12-8(2)15-6-16-12/h3-6,11H,14H2,1-2H3. The van der Waals surface area contributed by atoms with Gasteiger partial charge < -0.3 is 5.73 Å². The molecule has 0 saturated heterocycles. The third kappa shape index (κ3) is 1.99. The van der Waals surface area contributed by atoms with Gasteiger partial charge in [-0.1, -0.05) is 6.07 Å². The van der Waals surface area contributed by atoms with E-state index in [9.17, 15) is 4.39 Å². The van der Waals surface area contributed by atoms with Crippen LogP contribution in [0.5, 0.6) is 0 Å². The molecule has 2 N–H and O–H groups in total. The number of halogens is 1. The molecule has 84 valence electrons. The second-order valence-electron chi connectivity index (χ2n) is 3.78. The molecule has 0 radical (unpaired) electrons. The molecule has 0 spiro atoms. The Labute approximate surface area is 97.9 Å². The van der Waals surface area contributed by atoms with Gasteiger partial charge in [-0.3, -0.25) is 0 Å². The summed E-state index contributed by atoms with van der Waals surface area (Å²) in [6.07, 6.45) is 0. The number of hydrogen-bond donors (Lipinski definition) is 1. The van der Waals surface area contributed by atoms with Crippen LogP contribution in [-0.4, -0.2) is 4.98 Å². The average molecular weight is 236 g/mol. The smallest absolute Gasteiger partial charge is 0.123 e. The third-order valence-electron chi connectivity index (χ3n) is 2.64. The lowest BCUT2D eigenvalue weighted by atomic mass is 10.00. The number of rotatable bonds is 2. The Balaban J connectivity index is 2.45. The van der Waals surface area contributed by atoms with Crippen LogP contribution in [0.3, 0.4) is 0 Å². The van der Waals surface area contributed by atoms with Gasteiger partial charge in [-0.2, -0.15) is 0 Å². The van der Waals surface area contributed by atoms with Gasteiger partial charge in [0.1, 0.15) is 5.82 Å². The summed E-state index contributed by atoms with van der Waals surface area (Å²) >= 11 is 1.51. The first kappa shape index (κ1) is 11.2. The largest absolute Gasteiger partial charge is 0.320 e. The molecule has 2 nitrogen and oxygen atoms in total. The predicted molar refractivity (Wildman–Crippen MR) is 64.0 cm³/mol. The Bertz CT molecular complexity index is 507. The van der Waals surface area contributed by atoms with E-state index in [4.69, 9.17) is 5.73 Å². The Kier molecular flexibility index (Phi) is 3.03. The zero-order chi connectivity index (χ0) is 11.7. The number of hydrogen-bond acceptors (Lipinski definition) is 3. The Morgan fingerprint density at radius 1 is 1.38 bits per heavy atom. The van der Waals surface area contributed by atoms with Gasteiger partial charge in [-0.25, -0.2) is 9.37 Å². The Hall–Kier alpha value is -1.26. The van der Waals surface area contributed by atoms with E-state index < -0.39 is 0 Å². The van der Waals surface area contributed by atoms with Crippen LogP contribution in [0, 0.1) is 19.7 Å². The molecule has 0 bridgehead atoms. The topological polar surface area (TPSA) is 38.9 Å². The van der Waals surface area contributed by atoms with Crippen LogP contribution in [0.2, 0.25) is 0 Å². The van der Waals surface area contributed by atoms with Crippen LogP contribution in [0.25, 0.3) is 0 Å². The van der Waals surface area contributed by atoms with Crippen LogP contribution in [0.1, 0.15) is 27.7 Å². The summed E-state index contributed by atoms with van der Waals surface area (Å²) in [5.41, 5.74) is 10.6. The first-order valence-electron chi connectivity index (χ1n) is 5.01. The fourth-order valence-electron chi connectivity index (χ4n) is 1.70. The number of thiazole rings is 1. The highest BCUT2D eigenvalue weighted by Gasteiger charge is 2.16. The molecular formula is C12H13FN2S. The number of aryl methyl sites for hydroxylation is 2. The van der Waals surface area contributed by atoms with E-state index in [-0.39, 0.29) is 11.9 Å². The second kappa shape index (κ2) is 4.31. The molecule has 2 rings (SSSR count). The molecule has 0 saturated carbocycles. The zero-order valence-electron chi connectivity index (χ0n) is 9.20. The van der Waals surface area contributed by atoms with Crippen LogP contribution in [0.15, 0.2) is 23.7 Å². The van der Waals surface area contributed by atoms with Crippen LogP contribution in [0.4, 0.5) is 4.39 Å². The van der Waals surface area contributed by atoms with Crippen molar-refractivity contribution in [1.82, 2.24) is 4.98 Å². The molecule has 16 heavy (non-hydrogen) atoms. The molecule has 1 heterocycles. The summed E-state index contributed by atoms with van der Waals surface area (Å²) in [7, 11) is 0. The van der Waals surface area contributed by atoms with Crippen molar-refractivity contribution in [2.45, 2.75) is 19.9 Å². The van der Waals surface area contributed by atoms with Gasteiger partial charge in [0.05, 0.1) is 17.2 Å². The summed E-state index contributed by atoms with van der Waals surface area (Å²) < 4.78 is 13.2. The lowest BCUT2D eigenvalue weighted by Crippen LogP contribution is -2.13. The third-order valence-corrected chi connectivity index (χ3v) is 3.66. The molecule has 1 aromatic carbocycles. The van der Waals surface area contributed by atoms with Gasteiger partial charge in [0.25, 0.3) is 0 Å². The maximum Gasteiger partial charge on any atom is 0.123 e. The normalized spacial score (nSPS) is 12.8. The fraction of sp³-hybridized carbons (Fsp3) is 0.250. The van der Waals surface area contributed by atoms with Crippen LogP contribution >= 0.6 is 11.3 Å². The minimum atomic E-state index is -0.289. The van der Waals surface area contributed by atoms with Crippen molar-refractivity contribution in [3.05, 3.63) is 51.2 Å². The Morgan fingerprint density at radius 3 is 2.75 bits per heavy atom. The summed E-state index contributed by atoms with van der Waals surface area (Å²) in [5, 5.41) is 0. The quantitative estimate of drug-likeness (QED) is 0.870. The van der Waals surface area contributed by atoms with E-state index in [1.165, 1.54) is 23.5 Å². The number of aromatic nitrogens is 1. The molecule has 0 amide bonds. The molecule has 0 aliphatic heterocycles. The molecule has 2 aromatic rings. The van der Waals surface area contributed by atoms with Crippen molar-refractivity contribution < 1.29 is 4.39 Å². The highest BCUT2D eigenvalue weighted by molar-refractivity contribution is 7.09. The van der Waals surface area contributed by atoms with E-state index in [0.29, 0.717) is 0 Å². The number of benzene rings is 1. The van der Waals surface area contributed by atoms with Crippen molar-refractivity contribution in [2.75, 3.05) is 0 Å². The molecule has 1 atom stereocenters. The first-order valence-corrected chi connectivity index (χ1v) is 5.89. The highest BCUT2D eigenvalue weighted by atomic mass is 32.1. The maximum absolute atomic E-state index is 13.2. The number of nitrogens with zero attached hydrogens (tertiary/aromatic N) is 1. The molecule has 4 heteroatoms. The molecule has 0 fully saturated rings. The Morgan fingerprint density at radius 2 is 2.12 bits per heavy atom. The SMILES string of the molecule is Cc1ccc(F)cc1C(N)c1scnc1C. The van der Waals surface area contributed by atoms with Crippen molar-refractivity contribution >= 4 is 11.3 Å². The molecule has 1 aromatic heterocycles. The molecule has 1 unspecified atom stereocenters. The maximum atomic E-state index is 13.2. The summed E-state index contributed by atoms with van der Waals surface area (Å²) in [4.78, 5) is 5.15. The fourth-order valence-corrected chi connectivity index (χ4v) is 2.52. The molecular weight excluding hydrogens is 223 g/mol. The minimum Gasteiger partial charge on any atom is -0.320 e. The second-order valence-corrected chi connectivity index (χ2v) is 4.67. The number of nitrogens with two attached hydrogens (primary N) is 1. The summed E-state index contributed by atoms with van der Waals surface area (Å²) in [5.74, 6) is -0.252. The minimum absolute atomic E-state index is 0.252. The molecule has 0 aliphatic carbocycles. The van der Waals surface area contributed by atoms with Gasteiger partial charge in [-0.15, -0.1) is 11.3 Å². The summed E-state index contributed by atoms with van der Waals surface area (Å²) in [6.45, 7) is 3.85. The molecule has 0 aliphatic rings. The van der Waals surface area contributed by atoms with E-state index in [1.807, 2.05) is 13.8 Å². The van der Waals surface area contributed by atoms with Crippen molar-refractivity contribution in [1.29, 1.82) is 0 Å². The average Bonchev–Trinajstić information content (AvgIpc) is 2.67. The van der Waals surface area contributed by atoms with Crippen molar-refractivity contribution in [3.8, 4) is 0 Å². The van der Waals surface area contributed by atoms with Crippen molar-refractivity contribution in [2.24, 2.45) is 5.73 Å². The lowest BCUT2D eigenvalue weighted by Gasteiger charge is -2.13. The monoisotopic (exact) mass is 236 g/mol. The van der Waals surface area contributed by atoms with Crippen LogP contribution in [-0.2, 0) is 0 Å².